The number of carboxylic acid groups (broad SMARTS) is 2. The molecular weight excluding hydrogens is 444 g/mol. The van der Waals surface area contributed by atoms with Crippen molar-refractivity contribution in [1.82, 2.24) is 0 Å². The lowest BCUT2D eigenvalue weighted by Gasteiger charge is -2.70. The first-order chi connectivity index (χ1) is 16.9. The van der Waals surface area contributed by atoms with Gasteiger partial charge < -0.3 is 15.3 Å². The summed E-state index contributed by atoms with van der Waals surface area (Å²) in [5.74, 6) is 1.01. The molecular formula is C29H40O6. The van der Waals surface area contributed by atoms with Crippen LogP contribution in [0.15, 0.2) is 0 Å². The zero-order chi connectivity index (χ0) is 24.2. The summed E-state index contributed by atoms with van der Waals surface area (Å²) in [6.45, 7) is 0. The molecule has 0 aromatic heterocycles. The number of rotatable bonds is 2. The zero-order valence-electron chi connectivity index (χ0n) is 20.5. The third kappa shape index (κ3) is 3.07. The third-order valence-electron chi connectivity index (χ3n) is 12.9. The predicted octanol–water partition coefficient (Wildman–Crippen LogP) is 4.10. The highest BCUT2D eigenvalue weighted by molar-refractivity contribution is 5.81. The van der Waals surface area contributed by atoms with Crippen LogP contribution >= 0.6 is 0 Å². The SMILES string of the molecule is O=C(O)C1CC[C@H]2C(C(=O)O)C3CCCCC(=O)C4CCC5CC(O)C6CC1C2C1C3CC4C5[C@@H]61. The molecule has 192 valence electrons. The molecule has 7 saturated carbocycles. The Morgan fingerprint density at radius 3 is 2.20 bits per heavy atom. The Labute approximate surface area is 207 Å². The van der Waals surface area contributed by atoms with Crippen molar-refractivity contribution in [3.63, 3.8) is 0 Å². The average Bonchev–Trinajstić information content (AvgIpc) is 2.83. The van der Waals surface area contributed by atoms with E-state index in [9.17, 15) is 29.7 Å². The van der Waals surface area contributed by atoms with Gasteiger partial charge in [-0.2, -0.15) is 0 Å². The largest absolute Gasteiger partial charge is 0.481 e. The van der Waals surface area contributed by atoms with E-state index in [1.165, 1.54) is 0 Å². The Morgan fingerprint density at radius 2 is 1.43 bits per heavy atom. The predicted molar refractivity (Wildman–Crippen MR) is 126 cm³/mol. The van der Waals surface area contributed by atoms with Crippen molar-refractivity contribution in [3.05, 3.63) is 0 Å². The number of carbonyl (C=O) groups excluding carboxylic acids is 1. The van der Waals surface area contributed by atoms with E-state index >= 15 is 0 Å². The number of aliphatic hydroxyl groups excluding tert-OH is 1. The van der Waals surface area contributed by atoms with Gasteiger partial charge in [0.15, 0.2) is 0 Å². The number of ketones is 1. The summed E-state index contributed by atoms with van der Waals surface area (Å²) in [5, 5.41) is 32.2. The fourth-order valence-electron chi connectivity index (χ4n) is 12.2. The first-order valence-corrected chi connectivity index (χ1v) is 14.5. The van der Waals surface area contributed by atoms with Crippen molar-refractivity contribution >= 4 is 17.7 Å². The summed E-state index contributed by atoms with van der Waals surface area (Å²) in [6, 6.07) is 0. The van der Waals surface area contributed by atoms with Crippen molar-refractivity contribution in [3.8, 4) is 0 Å². The molecule has 3 N–H and O–H groups in total. The summed E-state index contributed by atoms with van der Waals surface area (Å²) < 4.78 is 0. The van der Waals surface area contributed by atoms with Gasteiger partial charge in [-0.25, -0.2) is 0 Å². The highest BCUT2D eigenvalue weighted by atomic mass is 16.4. The summed E-state index contributed by atoms with van der Waals surface area (Å²) >= 11 is 0. The summed E-state index contributed by atoms with van der Waals surface area (Å²) in [5.41, 5.74) is 0. The molecule has 0 saturated heterocycles. The van der Waals surface area contributed by atoms with Crippen molar-refractivity contribution in [2.24, 2.45) is 82.9 Å². The monoisotopic (exact) mass is 484 g/mol. The van der Waals surface area contributed by atoms with Crippen LogP contribution in [0, 0.1) is 82.9 Å². The van der Waals surface area contributed by atoms with Crippen molar-refractivity contribution in [2.75, 3.05) is 0 Å². The van der Waals surface area contributed by atoms with Crippen LogP contribution in [0.4, 0.5) is 0 Å². The van der Waals surface area contributed by atoms with E-state index in [1.807, 2.05) is 0 Å². The van der Waals surface area contributed by atoms with E-state index in [1.54, 1.807) is 0 Å². The van der Waals surface area contributed by atoms with Crippen LogP contribution in [0.25, 0.3) is 0 Å². The van der Waals surface area contributed by atoms with E-state index in [0.29, 0.717) is 54.6 Å². The van der Waals surface area contributed by atoms with E-state index in [2.05, 4.69) is 0 Å². The highest BCUT2D eigenvalue weighted by Crippen LogP contribution is 2.71. The number of aliphatic carboxylic acids is 2. The Morgan fingerprint density at radius 1 is 0.657 bits per heavy atom. The van der Waals surface area contributed by atoms with Crippen LogP contribution in [-0.2, 0) is 14.4 Å². The van der Waals surface area contributed by atoms with E-state index in [4.69, 9.17) is 0 Å². The van der Waals surface area contributed by atoms with Gasteiger partial charge in [-0.05, 0) is 123 Å². The average molecular weight is 485 g/mol. The topological polar surface area (TPSA) is 112 Å². The van der Waals surface area contributed by atoms with Gasteiger partial charge in [0.05, 0.1) is 17.9 Å². The molecule has 6 heteroatoms. The van der Waals surface area contributed by atoms with Crippen LogP contribution in [0.2, 0.25) is 0 Å². The van der Waals surface area contributed by atoms with Crippen LogP contribution < -0.4 is 0 Å². The quantitative estimate of drug-likeness (QED) is 0.544. The van der Waals surface area contributed by atoms with Crippen LogP contribution in [-0.4, -0.2) is 39.1 Å². The lowest BCUT2D eigenvalue weighted by molar-refractivity contribution is -0.242. The maximum absolute atomic E-state index is 13.4. The molecule has 0 aromatic carbocycles. The molecule has 0 amide bonds. The van der Waals surface area contributed by atoms with Gasteiger partial charge in [0.1, 0.15) is 5.78 Å². The van der Waals surface area contributed by atoms with Gasteiger partial charge in [0, 0.05) is 12.3 Å². The minimum atomic E-state index is -0.730. The smallest absolute Gasteiger partial charge is 0.307 e. The minimum Gasteiger partial charge on any atom is -0.481 e. The molecule has 7 rings (SSSR count). The number of carboxylic acids is 2. The van der Waals surface area contributed by atoms with Gasteiger partial charge in [-0.15, -0.1) is 0 Å². The third-order valence-corrected chi connectivity index (χ3v) is 12.9. The number of aliphatic hydroxyl groups is 1. The second-order valence-electron chi connectivity index (χ2n) is 13.6. The lowest BCUT2D eigenvalue weighted by Crippen LogP contribution is -2.68. The van der Waals surface area contributed by atoms with E-state index in [-0.39, 0.29) is 53.4 Å². The Bertz CT molecular complexity index is 930. The molecule has 13 unspecified atom stereocenters. The molecule has 0 aromatic rings. The molecule has 0 radical (unpaired) electrons. The molecule has 7 aliphatic carbocycles. The minimum absolute atomic E-state index is 0.0144. The summed E-state index contributed by atoms with van der Waals surface area (Å²) in [4.78, 5) is 38.6. The molecule has 0 aliphatic heterocycles. The van der Waals surface area contributed by atoms with Gasteiger partial charge in [-0.3, -0.25) is 14.4 Å². The second kappa shape index (κ2) is 8.03. The number of hydrogen-bond donors (Lipinski definition) is 3. The standard InChI is InChI=1S/C29H40O6/c30-21-4-2-1-3-14-18-10-17-13(21)6-5-12-9-22(31)20-11-19-15(28(32)33)7-8-16(25(14)29(34)35)24(19)26(18)27(20)23(12)17/h12-20,22-27,31H,1-11H2,(H,32,33)(H,34,35)/t12?,13?,14?,15?,16-,17?,18?,19?,20?,22?,23?,24?,25?,26?,27-/m1/s1. The molecule has 0 heterocycles. The van der Waals surface area contributed by atoms with Crippen LogP contribution in [0.1, 0.15) is 70.6 Å². The van der Waals surface area contributed by atoms with Crippen molar-refractivity contribution in [2.45, 2.75) is 76.7 Å². The normalized spacial score (nSPS) is 56.3. The molecule has 0 spiro atoms. The number of Topliss-reactive ketones (excluding diaryl/α,β-unsaturated/α-hetero) is 1. The van der Waals surface area contributed by atoms with Gasteiger partial charge in [0.2, 0.25) is 0 Å². The first-order valence-electron chi connectivity index (χ1n) is 14.5. The maximum Gasteiger partial charge on any atom is 0.307 e. The van der Waals surface area contributed by atoms with Gasteiger partial charge in [0.25, 0.3) is 0 Å². The van der Waals surface area contributed by atoms with Crippen LogP contribution in [0.5, 0.6) is 0 Å². The number of hydrogen-bond acceptors (Lipinski definition) is 4. The van der Waals surface area contributed by atoms with Crippen molar-refractivity contribution < 1.29 is 29.7 Å². The second-order valence-corrected chi connectivity index (χ2v) is 13.6. The molecule has 2 bridgehead atoms. The Hall–Kier alpha value is -1.43. The number of carbonyl (C=O) groups is 3. The molecule has 15 atom stereocenters. The zero-order valence-corrected chi connectivity index (χ0v) is 20.5. The molecule has 35 heavy (non-hydrogen) atoms. The fraction of sp³-hybridized carbons (Fsp3) is 0.897. The van der Waals surface area contributed by atoms with Crippen molar-refractivity contribution in [1.29, 1.82) is 0 Å². The highest BCUT2D eigenvalue weighted by Gasteiger charge is 2.69. The van der Waals surface area contributed by atoms with Gasteiger partial charge in [-0.1, -0.05) is 6.42 Å². The Balaban J connectivity index is 1.40. The van der Waals surface area contributed by atoms with E-state index < -0.39 is 17.9 Å². The fourth-order valence-corrected chi connectivity index (χ4v) is 12.2. The molecule has 6 nitrogen and oxygen atoms in total. The van der Waals surface area contributed by atoms with Crippen LogP contribution in [0.3, 0.4) is 0 Å². The van der Waals surface area contributed by atoms with Gasteiger partial charge >= 0.3 is 11.9 Å². The first kappa shape index (κ1) is 22.7. The molecule has 7 fully saturated rings. The summed E-state index contributed by atoms with van der Waals surface area (Å²) in [7, 11) is 0. The molecule has 7 aliphatic rings. The van der Waals surface area contributed by atoms with E-state index in [0.717, 1.165) is 51.4 Å². The Kier molecular flexibility index (Phi) is 5.22. The maximum atomic E-state index is 13.4. The summed E-state index contributed by atoms with van der Waals surface area (Å²) in [6.07, 6.45) is 8.70. The lowest BCUT2D eigenvalue weighted by atomic mass is 9.34.